The number of amides is 1. The Labute approximate surface area is 210 Å². The molecule has 1 N–H and O–H groups in total. The first-order chi connectivity index (χ1) is 17.2. The third-order valence-electron chi connectivity index (χ3n) is 5.40. The van der Waals surface area contributed by atoms with Gasteiger partial charge in [0.05, 0.1) is 11.4 Å². The molecule has 0 aliphatic heterocycles. The molecule has 196 valence electrons. The van der Waals surface area contributed by atoms with Gasteiger partial charge in [-0.3, -0.25) is 14.4 Å². The maximum absolute atomic E-state index is 14.1. The molecular weight excluding hydrogens is 468 g/mol. The lowest BCUT2D eigenvalue weighted by Crippen LogP contribution is -2.30. The van der Waals surface area contributed by atoms with Crippen LogP contribution in [0.5, 0.6) is 0 Å². The van der Waals surface area contributed by atoms with Gasteiger partial charge in [-0.15, -0.1) is 0 Å². The van der Waals surface area contributed by atoms with Gasteiger partial charge in [-0.25, -0.2) is 13.8 Å². The van der Waals surface area contributed by atoms with Gasteiger partial charge < -0.3 is 14.7 Å². The van der Waals surface area contributed by atoms with Crippen LogP contribution in [0, 0.1) is 0 Å². The van der Waals surface area contributed by atoms with E-state index >= 15 is 0 Å². The van der Waals surface area contributed by atoms with Crippen molar-refractivity contribution in [3.63, 3.8) is 0 Å². The van der Waals surface area contributed by atoms with Gasteiger partial charge in [0.1, 0.15) is 12.5 Å². The molecule has 0 bridgehead atoms. The lowest BCUT2D eigenvalue weighted by atomic mass is 10.0. The van der Waals surface area contributed by atoms with Gasteiger partial charge in [0.25, 0.3) is 17.4 Å². The predicted octanol–water partition coefficient (Wildman–Crippen LogP) is 5.04. The minimum atomic E-state index is -3.17. The zero-order chi connectivity index (χ0) is 27.6. The Morgan fingerprint density at radius 1 is 1.22 bits per heavy atom. The third-order valence-corrected chi connectivity index (χ3v) is 5.40. The first kappa shape index (κ1) is 30.5. The molecule has 1 saturated carbocycles. The second-order valence-electron chi connectivity index (χ2n) is 7.75. The number of hydrogen-bond donors (Lipinski definition) is 1. The van der Waals surface area contributed by atoms with Gasteiger partial charge in [0.2, 0.25) is 0 Å². The Balaban J connectivity index is 0.00000101. The topological polar surface area (TPSA) is 98.1 Å². The van der Waals surface area contributed by atoms with Crippen molar-refractivity contribution in [3.8, 4) is 0 Å². The van der Waals surface area contributed by atoms with Crippen LogP contribution in [-0.2, 0) is 23.7 Å². The van der Waals surface area contributed by atoms with E-state index in [1.807, 2.05) is 34.5 Å². The number of hydrogen-bond acceptors (Lipinski definition) is 5. The monoisotopic (exact) mass is 503 g/mol. The largest absolute Gasteiger partial charge is 0.348 e. The first-order valence-electron chi connectivity index (χ1n) is 12.1. The molecule has 0 atom stereocenters. The molecule has 0 unspecified atom stereocenters. The average molecular weight is 504 g/mol. The molecular formula is C27H35F2N3O4. The van der Waals surface area contributed by atoms with Gasteiger partial charge in [-0.2, -0.15) is 0 Å². The van der Waals surface area contributed by atoms with Gasteiger partial charge in [0, 0.05) is 37.1 Å². The maximum atomic E-state index is 14.1. The molecule has 4 rings (SSSR count). The highest BCUT2D eigenvalue weighted by Crippen LogP contribution is 2.34. The van der Waals surface area contributed by atoms with Crippen molar-refractivity contribution >= 4 is 30.6 Å². The zero-order valence-electron chi connectivity index (χ0n) is 21.8. The fraction of sp³-hybridized carbons (Fsp3) is 0.444. The van der Waals surface area contributed by atoms with Crippen molar-refractivity contribution in [3.05, 3.63) is 62.3 Å². The quantitative estimate of drug-likeness (QED) is 0.557. The number of fused-ring (bicyclic) bond motifs is 1. The van der Waals surface area contributed by atoms with E-state index in [-0.39, 0.29) is 47.6 Å². The number of halogens is 2. The van der Waals surface area contributed by atoms with Gasteiger partial charge in [-0.1, -0.05) is 27.7 Å². The standard InChI is InChI=1S/C22H21F2N3O3.2C2H6.CH2O/c1-3-27-18(22(2,23)24)10-13-8-14(9-16(13)21(27)30)19-12(11-28)4-7-17(26-19)20(29)25-15-5-6-15;3*1-2/h4,7-8,10-11,15H,3,5-6,9H2,1-2H3,(H,25,29);2*1-2H3;1H2. The molecule has 2 aliphatic rings. The van der Waals surface area contributed by atoms with Crippen LogP contribution in [0.1, 0.15) is 97.7 Å². The third kappa shape index (κ3) is 6.80. The van der Waals surface area contributed by atoms with Crippen molar-refractivity contribution in [1.82, 2.24) is 14.9 Å². The maximum Gasteiger partial charge on any atom is 0.285 e. The summed E-state index contributed by atoms with van der Waals surface area (Å²) in [6.45, 7) is 12.5. The number of carbonyl (C=O) groups excluding carboxylic acids is 3. The molecule has 0 aromatic carbocycles. The highest BCUT2D eigenvalue weighted by Gasteiger charge is 2.32. The van der Waals surface area contributed by atoms with Crippen molar-refractivity contribution < 1.29 is 23.2 Å². The second-order valence-corrected chi connectivity index (χ2v) is 7.75. The number of nitrogens with one attached hydrogen (secondary N) is 1. The van der Waals surface area contributed by atoms with Crippen molar-refractivity contribution in [1.29, 1.82) is 0 Å². The van der Waals surface area contributed by atoms with Gasteiger partial charge in [-0.05, 0) is 55.2 Å². The van der Waals surface area contributed by atoms with Crippen molar-refractivity contribution in [2.45, 2.75) is 79.3 Å². The van der Waals surface area contributed by atoms with Crippen LogP contribution in [0.2, 0.25) is 0 Å². The summed E-state index contributed by atoms with van der Waals surface area (Å²) in [6, 6.07) is 4.46. The summed E-state index contributed by atoms with van der Waals surface area (Å²) < 4.78 is 29.2. The molecule has 9 heteroatoms. The minimum Gasteiger partial charge on any atom is -0.348 e. The minimum absolute atomic E-state index is 0.120. The number of alkyl halides is 2. The van der Waals surface area contributed by atoms with Crippen LogP contribution in [0.4, 0.5) is 8.78 Å². The highest BCUT2D eigenvalue weighted by atomic mass is 19.3. The molecule has 0 saturated heterocycles. The van der Waals surface area contributed by atoms with Crippen LogP contribution >= 0.6 is 0 Å². The lowest BCUT2D eigenvalue weighted by Gasteiger charge is -2.18. The average Bonchev–Trinajstić information content (AvgIpc) is 3.61. The van der Waals surface area contributed by atoms with E-state index in [1.165, 1.54) is 18.2 Å². The van der Waals surface area contributed by atoms with E-state index < -0.39 is 11.5 Å². The Morgan fingerprint density at radius 3 is 2.33 bits per heavy atom. The van der Waals surface area contributed by atoms with Gasteiger partial charge >= 0.3 is 0 Å². The molecule has 2 aromatic heterocycles. The predicted molar refractivity (Wildman–Crippen MR) is 137 cm³/mol. The normalized spacial score (nSPS) is 13.4. The molecule has 1 amide bonds. The summed E-state index contributed by atoms with van der Waals surface area (Å²) in [6.07, 6.45) is 4.25. The molecule has 36 heavy (non-hydrogen) atoms. The SMILES string of the molecule is C=O.CC.CC.CCn1c(C(C)(F)F)cc2c(c1=O)CC(c1nc(C(=O)NC3CC3)ccc1C=O)=C2. The molecule has 0 radical (unpaired) electrons. The number of aromatic nitrogens is 2. The van der Waals surface area contributed by atoms with Crippen molar-refractivity contribution in [2.24, 2.45) is 0 Å². The molecule has 2 heterocycles. The number of allylic oxidation sites excluding steroid dienone is 1. The summed E-state index contributed by atoms with van der Waals surface area (Å²) in [7, 11) is 0. The Hall–Kier alpha value is -3.49. The smallest absolute Gasteiger partial charge is 0.285 e. The number of carbonyl (C=O) groups is 3. The second kappa shape index (κ2) is 13.6. The summed E-state index contributed by atoms with van der Waals surface area (Å²) in [5.74, 6) is -3.50. The van der Waals surface area contributed by atoms with E-state index in [2.05, 4.69) is 10.3 Å². The summed E-state index contributed by atoms with van der Waals surface area (Å²) in [5, 5.41) is 2.84. The summed E-state index contributed by atoms with van der Waals surface area (Å²) >= 11 is 0. The summed E-state index contributed by atoms with van der Waals surface area (Å²) in [5.41, 5.74) is 1.22. The highest BCUT2D eigenvalue weighted by molar-refractivity contribution is 5.97. The van der Waals surface area contributed by atoms with Crippen LogP contribution in [0.15, 0.2) is 23.0 Å². The van der Waals surface area contributed by atoms with Crippen LogP contribution in [0.3, 0.4) is 0 Å². The Bertz CT molecular complexity index is 1160. The fourth-order valence-electron chi connectivity index (χ4n) is 3.71. The number of rotatable bonds is 6. The fourth-order valence-corrected chi connectivity index (χ4v) is 3.71. The number of pyridine rings is 2. The van der Waals surface area contributed by atoms with Crippen LogP contribution < -0.4 is 10.9 Å². The van der Waals surface area contributed by atoms with Gasteiger partial charge in [0.15, 0.2) is 6.29 Å². The molecule has 2 aliphatic carbocycles. The first-order valence-corrected chi connectivity index (χ1v) is 12.1. The Morgan fingerprint density at radius 2 is 1.83 bits per heavy atom. The van der Waals surface area contributed by atoms with E-state index in [0.717, 1.165) is 24.3 Å². The van der Waals surface area contributed by atoms with E-state index in [4.69, 9.17) is 4.79 Å². The van der Waals surface area contributed by atoms with E-state index in [0.29, 0.717) is 23.0 Å². The van der Waals surface area contributed by atoms with E-state index in [1.54, 1.807) is 13.0 Å². The Kier molecular flexibility index (Phi) is 11.5. The molecule has 1 fully saturated rings. The van der Waals surface area contributed by atoms with Crippen molar-refractivity contribution in [2.75, 3.05) is 0 Å². The summed E-state index contributed by atoms with van der Waals surface area (Å²) in [4.78, 5) is 49.1. The lowest BCUT2D eigenvalue weighted by molar-refractivity contribution is -0.0980. The number of nitrogens with zero attached hydrogens (tertiary/aromatic N) is 2. The number of aldehydes is 1. The van der Waals surface area contributed by atoms with E-state index in [9.17, 15) is 23.2 Å². The zero-order valence-corrected chi connectivity index (χ0v) is 21.8. The van der Waals surface area contributed by atoms with Crippen LogP contribution in [0.25, 0.3) is 11.6 Å². The molecule has 7 nitrogen and oxygen atoms in total. The van der Waals surface area contributed by atoms with Crippen LogP contribution in [-0.4, -0.2) is 34.6 Å². The molecule has 0 spiro atoms. The molecule has 2 aromatic rings.